The Hall–Kier alpha value is -2.08. The van der Waals surface area contributed by atoms with E-state index in [1.54, 1.807) is 0 Å². The molecule has 19 heavy (non-hydrogen) atoms. The summed E-state index contributed by atoms with van der Waals surface area (Å²) >= 11 is 0. The Kier molecular flexibility index (Phi) is 5.81. The molecule has 104 valence electrons. The largest absolute Gasteiger partial charge is 0.480 e. The first-order valence-electron chi connectivity index (χ1n) is 5.97. The molecule has 0 aliphatic rings. The van der Waals surface area contributed by atoms with Gasteiger partial charge in [-0.2, -0.15) is 0 Å². The predicted octanol–water partition coefficient (Wildman–Crippen LogP) is 0.362. The average Bonchev–Trinajstić information content (AvgIpc) is 2.36. The van der Waals surface area contributed by atoms with Gasteiger partial charge in [-0.15, -0.1) is 0 Å². The van der Waals surface area contributed by atoms with E-state index in [1.807, 2.05) is 37.3 Å². The highest BCUT2D eigenvalue weighted by Gasteiger charge is 2.19. The van der Waals surface area contributed by atoms with Gasteiger partial charge in [0, 0.05) is 6.04 Å². The van der Waals surface area contributed by atoms with Crippen LogP contribution in [0.4, 0.5) is 4.79 Å². The summed E-state index contributed by atoms with van der Waals surface area (Å²) in [7, 11) is 0. The van der Waals surface area contributed by atoms with Crippen LogP contribution < -0.4 is 10.6 Å². The van der Waals surface area contributed by atoms with Crippen LogP contribution in [-0.4, -0.2) is 40.9 Å². The number of aliphatic hydroxyl groups excluding tert-OH is 1. The lowest BCUT2D eigenvalue weighted by atomic mass is 10.1. The lowest BCUT2D eigenvalue weighted by molar-refractivity contribution is -0.140. The zero-order chi connectivity index (χ0) is 14.3. The Morgan fingerprint density at radius 2 is 1.84 bits per heavy atom. The molecule has 0 heterocycles. The van der Waals surface area contributed by atoms with Crippen LogP contribution in [0.3, 0.4) is 0 Å². The lowest BCUT2D eigenvalue weighted by Crippen LogP contribution is -2.50. The molecule has 0 spiro atoms. The summed E-state index contributed by atoms with van der Waals surface area (Å²) in [5.41, 5.74) is 1.08. The zero-order valence-corrected chi connectivity index (χ0v) is 10.7. The molecule has 6 heteroatoms. The van der Waals surface area contributed by atoms with Crippen LogP contribution in [0.5, 0.6) is 0 Å². The fourth-order valence-electron chi connectivity index (χ4n) is 1.63. The topological polar surface area (TPSA) is 98.7 Å². The van der Waals surface area contributed by atoms with Gasteiger partial charge in [-0.1, -0.05) is 30.3 Å². The van der Waals surface area contributed by atoms with Crippen molar-refractivity contribution in [3.05, 3.63) is 35.9 Å². The van der Waals surface area contributed by atoms with Crippen LogP contribution in [0.2, 0.25) is 0 Å². The number of amides is 2. The molecule has 0 saturated carbocycles. The smallest absolute Gasteiger partial charge is 0.328 e. The second-order valence-corrected chi connectivity index (χ2v) is 4.28. The Balaban J connectivity index is 2.42. The van der Waals surface area contributed by atoms with Gasteiger partial charge in [0.2, 0.25) is 0 Å². The SMILES string of the molecule is CC(Cc1ccccc1)NC(=O)N[C@@H](CO)C(=O)O. The van der Waals surface area contributed by atoms with Crippen molar-refractivity contribution >= 4 is 12.0 Å². The second kappa shape index (κ2) is 7.38. The maximum absolute atomic E-state index is 11.5. The van der Waals surface area contributed by atoms with E-state index in [0.717, 1.165) is 5.56 Å². The Morgan fingerprint density at radius 3 is 2.37 bits per heavy atom. The van der Waals surface area contributed by atoms with E-state index in [9.17, 15) is 9.59 Å². The minimum absolute atomic E-state index is 0.143. The van der Waals surface area contributed by atoms with Crippen LogP contribution in [0.1, 0.15) is 12.5 Å². The minimum Gasteiger partial charge on any atom is -0.480 e. The van der Waals surface area contributed by atoms with E-state index >= 15 is 0 Å². The molecule has 2 amide bonds. The van der Waals surface area contributed by atoms with Gasteiger partial charge in [-0.3, -0.25) is 0 Å². The van der Waals surface area contributed by atoms with Crippen molar-refractivity contribution in [2.75, 3.05) is 6.61 Å². The van der Waals surface area contributed by atoms with Crippen molar-refractivity contribution in [2.45, 2.75) is 25.4 Å². The van der Waals surface area contributed by atoms with E-state index in [-0.39, 0.29) is 6.04 Å². The summed E-state index contributed by atoms with van der Waals surface area (Å²) in [6, 6.07) is 7.59. The first-order chi connectivity index (χ1) is 9.02. The second-order valence-electron chi connectivity index (χ2n) is 4.28. The maximum Gasteiger partial charge on any atom is 0.328 e. The third-order valence-corrected chi connectivity index (χ3v) is 2.55. The number of rotatable bonds is 6. The molecule has 1 unspecified atom stereocenters. The van der Waals surface area contributed by atoms with Gasteiger partial charge in [-0.05, 0) is 18.9 Å². The van der Waals surface area contributed by atoms with Gasteiger partial charge in [0.1, 0.15) is 0 Å². The molecule has 0 aromatic heterocycles. The number of aliphatic carboxylic acids is 1. The van der Waals surface area contributed by atoms with Crippen molar-refractivity contribution < 1.29 is 19.8 Å². The first-order valence-corrected chi connectivity index (χ1v) is 5.97. The number of carbonyl (C=O) groups is 2. The summed E-state index contributed by atoms with van der Waals surface area (Å²) in [5, 5.41) is 22.3. The zero-order valence-electron chi connectivity index (χ0n) is 10.7. The molecule has 2 atom stereocenters. The summed E-state index contributed by atoms with van der Waals surface area (Å²) in [5.74, 6) is -1.27. The number of carboxylic acids is 1. The number of carboxylic acid groups (broad SMARTS) is 1. The summed E-state index contributed by atoms with van der Waals surface area (Å²) in [6.07, 6.45) is 0.644. The van der Waals surface area contributed by atoms with E-state index in [2.05, 4.69) is 10.6 Å². The van der Waals surface area contributed by atoms with Crippen LogP contribution in [-0.2, 0) is 11.2 Å². The molecular weight excluding hydrogens is 248 g/mol. The number of carbonyl (C=O) groups excluding carboxylic acids is 1. The monoisotopic (exact) mass is 266 g/mol. The van der Waals surface area contributed by atoms with Crippen molar-refractivity contribution in [3.8, 4) is 0 Å². The van der Waals surface area contributed by atoms with E-state index in [4.69, 9.17) is 10.2 Å². The number of urea groups is 1. The molecule has 6 nitrogen and oxygen atoms in total. The van der Waals surface area contributed by atoms with Crippen LogP contribution >= 0.6 is 0 Å². The van der Waals surface area contributed by atoms with Crippen LogP contribution in [0.15, 0.2) is 30.3 Å². The van der Waals surface area contributed by atoms with E-state index < -0.39 is 24.6 Å². The summed E-state index contributed by atoms with van der Waals surface area (Å²) in [4.78, 5) is 22.2. The summed E-state index contributed by atoms with van der Waals surface area (Å²) < 4.78 is 0. The quantitative estimate of drug-likeness (QED) is 0.597. The number of aliphatic hydroxyl groups is 1. The molecule has 1 aromatic carbocycles. The lowest BCUT2D eigenvalue weighted by Gasteiger charge is -2.17. The van der Waals surface area contributed by atoms with Gasteiger partial charge >= 0.3 is 12.0 Å². The van der Waals surface area contributed by atoms with Crippen LogP contribution in [0.25, 0.3) is 0 Å². The van der Waals surface area contributed by atoms with Gasteiger partial charge in [0.15, 0.2) is 6.04 Å². The Bertz CT molecular complexity index is 422. The number of hydrogen-bond acceptors (Lipinski definition) is 3. The number of nitrogens with one attached hydrogen (secondary N) is 2. The Morgan fingerprint density at radius 1 is 1.21 bits per heavy atom. The fraction of sp³-hybridized carbons (Fsp3) is 0.385. The normalized spacial score (nSPS) is 13.4. The third-order valence-electron chi connectivity index (χ3n) is 2.55. The molecule has 0 fully saturated rings. The Labute approximate surface area is 111 Å². The molecule has 0 aliphatic heterocycles. The highest BCUT2D eigenvalue weighted by molar-refractivity contribution is 5.82. The van der Waals surface area contributed by atoms with Crippen molar-refractivity contribution in [1.29, 1.82) is 0 Å². The van der Waals surface area contributed by atoms with E-state index in [1.165, 1.54) is 0 Å². The molecule has 0 aliphatic carbocycles. The average molecular weight is 266 g/mol. The van der Waals surface area contributed by atoms with Gasteiger partial charge in [0.25, 0.3) is 0 Å². The van der Waals surface area contributed by atoms with Crippen molar-refractivity contribution in [3.63, 3.8) is 0 Å². The first kappa shape index (κ1) is 15.0. The van der Waals surface area contributed by atoms with Crippen LogP contribution in [0, 0.1) is 0 Å². The molecular formula is C13H18N2O4. The summed E-state index contributed by atoms with van der Waals surface area (Å²) in [6.45, 7) is 1.18. The number of benzene rings is 1. The van der Waals surface area contributed by atoms with E-state index in [0.29, 0.717) is 6.42 Å². The minimum atomic E-state index is -1.29. The third kappa shape index (κ3) is 5.39. The van der Waals surface area contributed by atoms with Crippen molar-refractivity contribution in [1.82, 2.24) is 10.6 Å². The highest BCUT2D eigenvalue weighted by atomic mass is 16.4. The fourth-order valence-corrected chi connectivity index (χ4v) is 1.63. The molecule has 4 N–H and O–H groups in total. The van der Waals surface area contributed by atoms with Gasteiger partial charge in [-0.25, -0.2) is 9.59 Å². The molecule has 0 bridgehead atoms. The standard InChI is InChI=1S/C13H18N2O4/c1-9(7-10-5-3-2-4-6-10)14-13(19)15-11(8-16)12(17)18/h2-6,9,11,16H,7-8H2,1H3,(H,17,18)(H2,14,15,19)/t9?,11-/m0/s1. The van der Waals surface area contributed by atoms with Crippen molar-refractivity contribution in [2.24, 2.45) is 0 Å². The van der Waals surface area contributed by atoms with Gasteiger partial charge in [0.05, 0.1) is 6.61 Å². The number of hydrogen-bond donors (Lipinski definition) is 4. The van der Waals surface area contributed by atoms with Gasteiger partial charge < -0.3 is 20.8 Å². The molecule has 0 radical (unpaired) electrons. The molecule has 0 saturated heterocycles. The molecule has 1 aromatic rings. The molecule has 1 rings (SSSR count). The maximum atomic E-state index is 11.5. The predicted molar refractivity (Wildman–Crippen MR) is 69.8 cm³/mol. The highest BCUT2D eigenvalue weighted by Crippen LogP contribution is 2.02.